The molecule has 0 fully saturated rings. The summed E-state index contributed by atoms with van der Waals surface area (Å²) in [5.41, 5.74) is 0.673. The molecule has 0 spiro atoms. The molecule has 0 aromatic heterocycles. The van der Waals surface area contributed by atoms with Gasteiger partial charge in [0.05, 0.1) is 13.0 Å². The molecular weight excluding hydrogens is 178 g/mol. The lowest BCUT2D eigenvalue weighted by atomic mass is 10.1. The second-order valence-corrected chi connectivity index (χ2v) is 3.37. The van der Waals surface area contributed by atoms with Crippen molar-refractivity contribution in [2.24, 2.45) is 0 Å². The maximum absolute atomic E-state index is 11.0. The zero-order valence-electron chi connectivity index (χ0n) is 9.27. The zero-order chi connectivity index (χ0) is 10.8. The van der Waals surface area contributed by atoms with E-state index in [1.54, 1.807) is 6.92 Å². The first-order valence-electron chi connectivity index (χ1n) is 5.42. The van der Waals surface area contributed by atoms with Crippen LogP contribution in [0.3, 0.4) is 0 Å². The number of esters is 1. The maximum Gasteiger partial charge on any atom is 0.306 e. The predicted octanol–water partition coefficient (Wildman–Crippen LogP) is 2.93. The Hall–Kier alpha value is -0.860. The van der Waals surface area contributed by atoms with Gasteiger partial charge in [0, 0.05) is 5.71 Å². The van der Waals surface area contributed by atoms with Crippen LogP contribution in [0.15, 0.2) is 0 Å². The van der Waals surface area contributed by atoms with Gasteiger partial charge < -0.3 is 10.1 Å². The van der Waals surface area contributed by atoms with Gasteiger partial charge in [0.15, 0.2) is 0 Å². The highest BCUT2D eigenvalue weighted by Crippen LogP contribution is 2.04. The normalized spacial score (nSPS) is 9.86. The van der Waals surface area contributed by atoms with Crippen LogP contribution in [-0.2, 0) is 9.53 Å². The summed E-state index contributed by atoms with van der Waals surface area (Å²) in [6, 6.07) is 0. The minimum absolute atomic E-state index is 0.187. The first-order valence-corrected chi connectivity index (χ1v) is 5.42. The Balaban J connectivity index is 3.39. The fourth-order valence-corrected chi connectivity index (χ4v) is 1.20. The van der Waals surface area contributed by atoms with Crippen LogP contribution < -0.4 is 0 Å². The molecular formula is C11H21NO2. The highest BCUT2D eigenvalue weighted by Gasteiger charge is 2.04. The highest BCUT2D eigenvalue weighted by molar-refractivity contribution is 5.84. The van der Waals surface area contributed by atoms with Gasteiger partial charge in [0.25, 0.3) is 0 Å². The van der Waals surface area contributed by atoms with Crippen LogP contribution in [0.4, 0.5) is 0 Å². The van der Waals surface area contributed by atoms with Crippen molar-refractivity contribution >= 4 is 11.7 Å². The van der Waals surface area contributed by atoms with Crippen LogP contribution in [0, 0.1) is 5.41 Å². The van der Waals surface area contributed by atoms with Crippen LogP contribution in [0.5, 0.6) is 0 Å². The quantitative estimate of drug-likeness (QED) is 0.371. The number of unbranched alkanes of at least 4 members (excludes halogenated alkanes) is 2. The molecule has 14 heavy (non-hydrogen) atoms. The molecule has 3 nitrogen and oxygen atoms in total. The lowest BCUT2D eigenvalue weighted by Crippen LogP contribution is -2.07. The van der Waals surface area contributed by atoms with Crippen LogP contribution in [0.1, 0.15) is 52.4 Å². The Morgan fingerprint density at radius 1 is 1.14 bits per heavy atom. The fourth-order valence-electron chi connectivity index (χ4n) is 1.20. The Kier molecular flexibility index (Phi) is 8.19. The van der Waals surface area contributed by atoms with Crippen molar-refractivity contribution in [3.05, 3.63) is 0 Å². The fraction of sp³-hybridized carbons (Fsp3) is 0.818. The Morgan fingerprint density at radius 2 is 1.86 bits per heavy atom. The van der Waals surface area contributed by atoms with Gasteiger partial charge in [-0.25, -0.2) is 0 Å². The van der Waals surface area contributed by atoms with Gasteiger partial charge in [-0.2, -0.15) is 0 Å². The molecule has 0 unspecified atom stereocenters. The molecule has 3 heteroatoms. The molecule has 0 rings (SSSR count). The zero-order valence-corrected chi connectivity index (χ0v) is 9.27. The van der Waals surface area contributed by atoms with E-state index in [0.717, 1.165) is 12.8 Å². The summed E-state index contributed by atoms with van der Waals surface area (Å²) in [6.07, 6.45) is 5.15. The van der Waals surface area contributed by atoms with E-state index in [4.69, 9.17) is 10.1 Å². The van der Waals surface area contributed by atoms with E-state index >= 15 is 0 Å². The van der Waals surface area contributed by atoms with Gasteiger partial charge in [-0.1, -0.05) is 19.8 Å². The molecule has 0 bridgehead atoms. The molecule has 0 heterocycles. The number of rotatable bonds is 8. The molecule has 0 radical (unpaired) electrons. The number of hydrogen-bond donors (Lipinski definition) is 1. The van der Waals surface area contributed by atoms with Crippen LogP contribution >= 0.6 is 0 Å². The molecule has 1 N–H and O–H groups in total. The number of nitrogens with one attached hydrogen (secondary N) is 1. The van der Waals surface area contributed by atoms with Crippen molar-refractivity contribution in [2.75, 3.05) is 6.61 Å². The predicted molar refractivity (Wildman–Crippen MR) is 57.7 cm³/mol. The average Bonchev–Trinajstić information content (AvgIpc) is 2.16. The van der Waals surface area contributed by atoms with Crippen LogP contribution in [0.25, 0.3) is 0 Å². The molecule has 0 aliphatic heterocycles. The molecule has 0 aliphatic rings. The monoisotopic (exact) mass is 199 g/mol. The van der Waals surface area contributed by atoms with E-state index in [1.165, 1.54) is 12.8 Å². The Labute approximate surface area is 86.3 Å². The minimum atomic E-state index is -0.187. The average molecular weight is 199 g/mol. The van der Waals surface area contributed by atoms with Gasteiger partial charge in [-0.05, 0) is 26.2 Å². The summed E-state index contributed by atoms with van der Waals surface area (Å²) in [6.45, 7) is 4.37. The first-order chi connectivity index (χ1) is 6.70. The molecule has 0 aliphatic carbocycles. The van der Waals surface area contributed by atoms with Gasteiger partial charge in [0.1, 0.15) is 0 Å². The molecule has 0 aromatic carbocycles. The lowest BCUT2D eigenvalue weighted by Gasteiger charge is -2.03. The summed E-state index contributed by atoms with van der Waals surface area (Å²) < 4.78 is 4.78. The Bertz CT molecular complexity index is 178. The molecule has 82 valence electrons. The van der Waals surface area contributed by atoms with Gasteiger partial charge in [-0.15, -0.1) is 0 Å². The van der Waals surface area contributed by atoms with E-state index in [2.05, 4.69) is 6.92 Å². The summed E-state index contributed by atoms with van der Waals surface area (Å²) in [5.74, 6) is -0.187. The van der Waals surface area contributed by atoms with Crippen molar-refractivity contribution in [3.63, 3.8) is 0 Å². The topological polar surface area (TPSA) is 50.2 Å². The van der Waals surface area contributed by atoms with Crippen molar-refractivity contribution in [2.45, 2.75) is 52.4 Å². The van der Waals surface area contributed by atoms with Crippen molar-refractivity contribution in [1.82, 2.24) is 0 Å². The molecule has 0 amide bonds. The Morgan fingerprint density at radius 3 is 2.43 bits per heavy atom. The highest BCUT2D eigenvalue weighted by atomic mass is 16.5. The smallest absolute Gasteiger partial charge is 0.306 e. The van der Waals surface area contributed by atoms with E-state index in [1.807, 2.05) is 0 Å². The summed E-state index contributed by atoms with van der Waals surface area (Å²) in [5, 5.41) is 7.58. The third-order valence-electron chi connectivity index (χ3n) is 2.02. The summed E-state index contributed by atoms with van der Waals surface area (Å²) in [4.78, 5) is 11.0. The van der Waals surface area contributed by atoms with Crippen molar-refractivity contribution in [1.29, 1.82) is 5.41 Å². The summed E-state index contributed by atoms with van der Waals surface area (Å²) in [7, 11) is 0. The first kappa shape index (κ1) is 13.1. The third kappa shape index (κ3) is 7.77. The van der Waals surface area contributed by atoms with E-state index < -0.39 is 0 Å². The van der Waals surface area contributed by atoms with Crippen LogP contribution in [0.2, 0.25) is 0 Å². The maximum atomic E-state index is 11.0. The number of carbonyl (C=O) groups is 1. The van der Waals surface area contributed by atoms with Gasteiger partial charge in [0.2, 0.25) is 0 Å². The largest absolute Gasteiger partial charge is 0.466 e. The van der Waals surface area contributed by atoms with E-state index in [-0.39, 0.29) is 5.97 Å². The van der Waals surface area contributed by atoms with E-state index in [9.17, 15) is 4.79 Å². The van der Waals surface area contributed by atoms with E-state index in [0.29, 0.717) is 25.2 Å². The molecule has 0 saturated heterocycles. The van der Waals surface area contributed by atoms with Crippen molar-refractivity contribution in [3.8, 4) is 0 Å². The van der Waals surface area contributed by atoms with Gasteiger partial charge >= 0.3 is 5.97 Å². The second kappa shape index (κ2) is 8.73. The number of carbonyl (C=O) groups excluding carboxylic acids is 1. The van der Waals surface area contributed by atoms with Crippen molar-refractivity contribution < 1.29 is 9.53 Å². The van der Waals surface area contributed by atoms with Crippen LogP contribution in [-0.4, -0.2) is 18.3 Å². The number of ether oxygens (including phenoxy) is 1. The second-order valence-electron chi connectivity index (χ2n) is 3.37. The number of hydrogen-bond acceptors (Lipinski definition) is 3. The molecule has 0 atom stereocenters. The third-order valence-corrected chi connectivity index (χ3v) is 2.02. The molecule has 0 saturated carbocycles. The standard InChI is InChI=1S/C11H21NO2/c1-3-5-6-7-10(12)8-9-11(13)14-4-2/h12H,3-9H2,1-2H3. The minimum Gasteiger partial charge on any atom is -0.466 e. The summed E-state index contributed by atoms with van der Waals surface area (Å²) >= 11 is 0. The lowest BCUT2D eigenvalue weighted by molar-refractivity contribution is -0.142. The van der Waals surface area contributed by atoms with Gasteiger partial charge in [-0.3, -0.25) is 4.79 Å². The molecule has 0 aromatic rings. The SMILES string of the molecule is CCCCCC(=N)CCC(=O)OCC.